The predicted molar refractivity (Wildman–Crippen MR) is 126 cm³/mol. The normalized spacial score (nSPS) is 18.0. The first-order valence-corrected chi connectivity index (χ1v) is 11.9. The number of nitrogens with one attached hydrogen (secondary N) is 1. The van der Waals surface area contributed by atoms with Gasteiger partial charge in [0.05, 0.1) is 19.6 Å². The molecule has 1 fully saturated rings. The molecule has 1 heterocycles. The van der Waals surface area contributed by atoms with Crippen LogP contribution in [0.4, 0.5) is 4.79 Å². The van der Waals surface area contributed by atoms with E-state index < -0.39 is 6.09 Å². The third-order valence-electron chi connectivity index (χ3n) is 6.32. The van der Waals surface area contributed by atoms with Gasteiger partial charge in [0.15, 0.2) is 0 Å². The van der Waals surface area contributed by atoms with Gasteiger partial charge in [0.25, 0.3) is 0 Å². The summed E-state index contributed by atoms with van der Waals surface area (Å²) in [5.41, 5.74) is 4.77. The van der Waals surface area contributed by atoms with Crippen molar-refractivity contribution in [3.05, 3.63) is 59.7 Å². The summed E-state index contributed by atoms with van der Waals surface area (Å²) in [6, 6.07) is 16.5. The van der Waals surface area contributed by atoms with Gasteiger partial charge in [-0.3, -0.25) is 4.79 Å². The number of hydrogen-bond acceptors (Lipinski definition) is 5. The number of esters is 1. The van der Waals surface area contributed by atoms with Crippen molar-refractivity contribution in [2.45, 2.75) is 45.1 Å². The van der Waals surface area contributed by atoms with Gasteiger partial charge in [-0.05, 0) is 40.5 Å². The monoisotopic (exact) mass is 451 g/mol. The Bertz CT molecular complexity index is 921. The quantitative estimate of drug-likeness (QED) is 0.549. The van der Waals surface area contributed by atoms with Crippen LogP contribution in [0.1, 0.15) is 50.2 Å². The molecule has 0 saturated carbocycles. The first kappa shape index (κ1) is 23.3. The average Bonchev–Trinajstić information content (AvgIpc) is 3.41. The lowest BCUT2D eigenvalue weighted by Crippen LogP contribution is -2.33. The van der Waals surface area contributed by atoms with Crippen LogP contribution in [0.3, 0.4) is 0 Å². The number of carbonyl (C=O) groups excluding carboxylic acids is 2. The molecule has 176 valence electrons. The molecule has 1 saturated heterocycles. The highest BCUT2D eigenvalue weighted by atomic mass is 16.6. The van der Waals surface area contributed by atoms with E-state index in [1.54, 1.807) is 0 Å². The molecule has 2 atom stereocenters. The Morgan fingerprint density at radius 2 is 1.73 bits per heavy atom. The molecule has 33 heavy (non-hydrogen) atoms. The van der Waals surface area contributed by atoms with Crippen molar-refractivity contribution in [1.29, 1.82) is 0 Å². The molecule has 4 rings (SSSR count). The van der Waals surface area contributed by atoms with Crippen molar-refractivity contribution in [2.75, 3.05) is 26.4 Å². The van der Waals surface area contributed by atoms with Crippen molar-refractivity contribution >= 4 is 12.1 Å². The zero-order chi connectivity index (χ0) is 23.2. The zero-order valence-corrected chi connectivity index (χ0v) is 19.4. The average molecular weight is 452 g/mol. The molecule has 6 nitrogen and oxygen atoms in total. The molecule has 0 radical (unpaired) electrons. The number of ether oxygens (including phenoxy) is 3. The van der Waals surface area contributed by atoms with Crippen molar-refractivity contribution in [3.8, 4) is 11.1 Å². The summed E-state index contributed by atoms with van der Waals surface area (Å²) in [7, 11) is 0. The van der Waals surface area contributed by atoms with Crippen LogP contribution in [0.15, 0.2) is 48.5 Å². The van der Waals surface area contributed by atoms with E-state index in [9.17, 15) is 9.59 Å². The van der Waals surface area contributed by atoms with E-state index in [-0.39, 0.29) is 36.9 Å². The molecule has 2 aliphatic rings. The Morgan fingerprint density at radius 3 is 2.33 bits per heavy atom. The van der Waals surface area contributed by atoms with Gasteiger partial charge in [-0.25, -0.2) is 4.79 Å². The fourth-order valence-corrected chi connectivity index (χ4v) is 4.86. The van der Waals surface area contributed by atoms with Crippen LogP contribution in [-0.2, 0) is 19.0 Å². The van der Waals surface area contributed by atoms with Crippen LogP contribution in [0.2, 0.25) is 0 Å². The number of rotatable bonds is 9. The summed E-state index contributed by atoms with van der Waals surface area (Å²) in [4.78, 5) is 24.9. The van der Waals surface area contributed by atoms with Crippen LogP contribution >= 0.6 is 0 Å². The fourth-order valence-electron chi connectivity index (χ4n) is 4.86. The van der Waals surface area contributed by atoms with Crippen molar-refractivity contribution in [1.82, 2.24) is 5.32 Å². The topological polar surface area (TPSA) is 73.9 Å². The van der Waals surface area contributed by atoms with Crippen LogP contribution in [0.5, 0.6) is 0 Å². The minimum Gasteiger partial charge on any atom is -0.460 e. The molecule has 1 unspecified atom stereocenters. The first-order valence-electron chi connectivity index (χ1n) is 11.9. The predicted octanol–water partition coefficient (Wildman–Crippen LogP) is 4.91. The molecule has 0 spiro atoms. The minimum absolute atomic E-state index is 0.000281. The minimum atomic E-state index is -0.455. The number of amides is 1. The molecular formula is C27H33NO5. The maximum absolute atomic E-state index is 12.5. The molecule has 0 aromatic heterocycles. The highest BCUT2D eigenvalue weighted by Crippen LogP contribution is 2.44. The SMILES string of the molecule is CC(C)C[C@H](CNC(=O)OCC1c2ccccc2-c2ccccc21)CC(=O)OC1CCOC1. The highest BCUT2D eigenvalue weighted by Gasteiger charge is 2.29. The number of alkyl carbamates (subject to hydrolysis) is 1. The van der Waals surface area contributed by atoms with Gasteiger partial charge in [-0.15, -0.1) is 0 Å². The fraction of sp³-hybridized carbons (Fsp3) is 0.481. The zero-order valence-electron chi connectivity index (χ0n) is 19.4. The Kier molecular flexibility index (Phi) is 7.65. The van der Waals surface area contributed by atoms with E-state index >= 15 is 0 Å². The van der Waals surface area contributed by atoms with E-state index in [0.29, 0.717) is 25.7 Å². The van der Waals surface area contributed by atoms with E-state index in [1.807, 2.05) is 24.3 Å². The molecule has 2 aromatic carbocycles. The van der Waals surface area contributed by atoms with Gasteiger partial charge in [0.1, 0.15) is 12.7 Å². The van der Waals surface area contributed by atoms with E-state index in [0.717, 1.165) is 12.8 Å². The number of hydrogen-bond donors (Lipinski definition) is 1. The summed E-state index contributed by atoms with van der Waals surface area (Å²) in [6.45, 7) is 5.98. The van der Waals surface area contributed by atoms with Crippen molar-refractivity contribution in [2.24, 2.45) is 11.8 Å². The van der Waals surface area contributed by atoms with Gasteiger partial charge in [0, 0.05) is 18.9 Å². The van der Waals surface area contributed by atoms with Gasteiger partial charge in [-0.1, -0.05) is 62.4 Å². The van der Waals surface area contributed by atoms with E-state index in [1.165, 1.54) is 22.3 Å². The number of fused-ring (bicyclic) bond motifs is 3. The van der Waals surface area contributed by atoms with Crippen LogP contribution in [0, 0.1) is 11.8 Å². The summed E-state index contributed by atoms with van der Waals surface area (Å²) in [5.74, 6) is 0.200. The highest BCUT2D eigenvalue weighted by molar-refractivity contribution is 5.79. The first-order chi connectivity index (χ1) is 16.0. The van der Waals surface area contributed by atoms with Gasteiger partial charge in [0.2, 0.25) is 0 Å². The summed E-state index contributed by atoms with van der Waals surface area (Å²) < 4.78 is 16.4. The third kappa shape index (κ3) is 5.93. The van der Waals surface area contributed by atoms with E-state index in [4.69, 9.17) is 14.2 Å². The van der Waals surface area contributed by atoms with Crippen LogP contribution in [-0.4, -0.2) is 44.5 Å². The lowest BCUT2D eigenvalue weighted by Gasteiger charge is -2.20. The lowest BCUT2D eigenvalue weighted by molar-refractivity contribution is -0.150. The largest absolute Gasteiger partial charge is 0.460 e. The molecular weight excluding hydrogens is 418 g/mol. The molecule has 0 bridgehead atoms. The maximum atomic E-state index is 12.5. The molecule has 6 heteroatoms. The second kappa shape index (κ2) is 10.8. The van der Waals surface area contributed by atoms with Crippen LogP contribution < -0.4 is 5.32 Å². The molecule has 1 aliphatic heterocycles. The van der Waals surface area contributed by atoms with Crippen molar-refractivity contribution < 1.29 is 23.8 Å². The second-order valence-corrected chi connectivity index (χ2v) is 9.38. The van der Waals surface area contributed by atoms with Gasteiger partial charge >= 0.3 is 12.1 Å². The standard InChI is InChI=1S/C27H33NO5/c1-18(2)13-19(14-26(29)33-20-11-12-31-16-20)15-28-27(30)32-17-25-23-9-5-3-7-21(23)22-8-4-6-10-24(22)25/h3-10,18-20,25H,11-17H2,1-2H3,(H,28,30)/t19-,20?/m0/s1. The molecule has 1 amide bonds. The Morgan fingerprint density at radius 1 is 1.06 bits per heavy atom. The molecule has 1 N–H and O–H groups in total. The lowest BCUT2D eigenvalue weighted by atomic mass is 9.94. The van der Waals surface area contributed by atoms with Crippen molar-refractivity contribution in [3.63, 3.8) is 0 Å². The van der Waals surface area contributed by atoms with Crippen LogP contribution in [0.25, 0.3) is 11.1 Å². The third-order valence-corrected chi connectivity index (χ3v) is 6.32. The summed E-state index contributed by atoms with van der Waals surface area (Å²) >= 11 is 0. The van der Waals surface area contributed by atoms with Gasteiger partial charge < -0.3 is 19.5 Å². The summed E-state index contributed by atoms with van der Waals surface area (Å²) in [6.07, 6.45) is 1.24. The Hall–Kier alpha value is -2.86. The van der Waals surface area contributed by atoms with Gasteiger partial charge in [-0.2, -0.15) is 0 Å². The summed E-state index contributed by atoms with van der Waals surface area (Å²) in [5, 5.41) is 2.87. The second-order valence-electron chi connectivity index (χ2n) is 9.38. The molecule has 2 aromatic rings. The smallest absolute Gasteiger partial charge is 0.407 e. The molecule has 1 aliphatic carbocycles. The number of benzene rings is 2. The Labute approximate surface area is 195 Å². The Balaban J connectivity index is 1.30. The van der Waals surface area contributed by atoms with E-state index in [2.05, 4.69) is 43.4 Å². The maximum Gasteiger partial charge on any atom is 0.407 e. The number of carbonyl (C=O) groups is 2.